The molecular formula is C20H23NS. The lowest BCUT2D eigenvalue weighted by Crippen LogP contribution is -1.94. The summed E-state index contributed by atoms with van der Waals surface area (Å²) in [5, 5.41) is 2.64. The van der Waals surface area contributed by atoms with E-state index >= 15 is 0 Å². The smallest absolute Gasteiger partial charge is 0.0752 e. The Hall–Kier alpha value is -1.67. The number of nitrogens with zero attached hydrogens (tertiary/aromatic N) is 1. The van der Waals surface area contributed by atoms with Gasteiger partial charge in [0.15, 0.2) is 0 Å². The molecule has 0 aliphatic carbocycles. The zero-order chi connectivity index (χ0) is 15.9. The van der Waals surface area contributed by atoms with Crippen molar-refractivity contribution in [2.45, 2.75) is 41.0 Å². The maximum atomic E-state index is 4.97. The maximum absolute atomic E-state index is 4.97. The van der Waals surface area contributed by atoms with E-state index in [1.807, 2.05) is 11.3 Å². The highest BCUT2D eigenvalue weighted by molar-refractivity contribution is 7.20. The normalized spacial score (nSPS) is 12.7. The van der Waals surface area contributed by atoms with Gasteiger partial charge in [-0.25, -0.2) is 4.98 Å². The molecule has 0 atom stereocenters. The number of aryl methyl sites for hydroxylation is 1. The summed E-state index contributed by atoms with van der Waals surface area (Å²) >= 11 is 1.96. The minimum absolute atomic E-state index is 0.678. The highest BCUT2D eigenvalue weighted by atomic mass is 32.1. The number of allylic oxidation sites excluding steroid dienone is 2. The second-order valence-electron chi connectivity index (χ2n) is 6.40. The summed E-state index contributed by atoms with van der Waals surface area (Å²) in [5.74, 6) is 0.678. The van der Waals surface area contributed by atoms with E-state index in [1.165, 1.54) is 31.5 Å². The fraction of sp³-hybridized carbons (Fsp3) is 0.350. The molecule has 0 fully saturated rings. The van der Waals surface area contributed by atoms with Crippen molar-refractivity contribution >= 4 is 37.9 Å². The molecule has 0 amide bonds. The van der Waals surface area contributed by atoms with E-state index in [0.29, 0.717) is 5.92 Å². The van der Waals surface area contributed by atoms with E-state index in [-0.39, 0.29) is 0 Å². The minimum atomic E-state index is 0.678. The van der Waals surface area contributed by atoms with E-state index in [0.717, 1.165) is 17.6 Å². The number of benzene rings is 1. The van der Waals surface area contributed by atoms with Gasteiger partial charge >= 0.3 is 0 Å². The zero-order valence-corrected chi connectivity index (χ0v) is 14.8. The van der Waals surface area contributed by atoms with Crippen molar-refractivity contribution in [3.8, 4) is 0 Å². The number of hydrogen-bond acceptors (Lipinski definition) is 2. The largest absolute Gasteiger partial charge is 0.247 e. The number of fused-ring (bicyclic) bond motifs is 3. The molecule has 114 valence electrons. The molecule has 0 saturated carbocycles. The Morgan fingerprint density at radius 3 is 2.68 bits per heavy atom. The van der Waals surface area contributed by atoms with Crippen LogP contribution in [0.5, 0.6) is 0 Å². The molecule has 0 radical (unpaired) electrons. The first-order valence-electron chi connectivity index (χ1n) is 7.97. The predicted octanol–water partition coefficient (Wildman–Crippen LogP) is 6.38. The third-order valence-corrected chi connectivity index (χ3v) is 5.61. The van der Waals surface area contributed by atoms with E-state index in [9.17, 15) is 0 Å². The second kappa shape index (κ2) is 5.85. The molecule has 22 heavy (non-hydrogen) atoms. The molecule has 2 aromatic heterocycles. The standard InChI is InChI=1S/C20H23NS/c1-6-13(4)19-18-14(5)17(11-12(2)3)22-20(18)15-9-7-8-10-16(15)21-19/h6-10,12H,11H2,1-5H3/b13-6+. The Morgan fingerprint density at radius 1 is 1.27 bits per heavy atom. The van der Waals surface area contributed by atoms with Crippen LogP contribution in [-0.2, 0) is 6.42 Å². The Labute approximate surface area is 136 Å². The van der Waals surface area contributed by atoms with Crippen molar-refractivity contribution in [3.63, 3.8) is 0 Å². The van der Waals surface area contributed by atoms with Crippen LogP contribution in [0.2, 0.25) is 0 Å². The van der Waals surface area contributed by atoms with Crippen molar-refractivity contribution in [2.24, 2.45) is 5.92 Å². The van der Waals surface area contributed by atoms with Crippen LogP contribution < -0.4 is 0 Å². The molecular weight excluding hydrogens is 286 g/mol. The van der Waals surface area contributed by atoms with Crippen LogP contribution in [0.1, 0.15) is 43.8 Å². The van der Waals surface area contributed by atoms with Gasteiger partial charge in [-0.2, -0.15) is 0 Å². The van der Waals surface area contributed by atoms with Gasteiger partial charge in [-0.1, -0.05) is 38.1 Å². The molecule has 3 aromatic rings. The summed E-state index contributed by atoms with van der Waals surface area (Å²) < 4.78 is 1.40. The molecule has 0 saturated heterocycles. The Morgan fingerprint density at radius 2 is 2.00 bits per heavy atom. The van der Waals surface area contributed by atoms with E-state index < -0.39 is 0 Å². The van der Waals surface area contributed by atoms with Crippen LogP contribution in [-0.4, -0.2) is 4.98 Å². The van der Waals surface area contributed by atoms with Crippen LogP contribution in [0.3, 0.4) is 0 Å². The number of pyridine rings is 1. The lowest BCUT2D eigenvalue weighted by Gasteiger charge is -2.08. The molecule has 0 aliphatic heterocycles. The van der Waals surface area contributed by atoms with Gasteiger partial charge in [0.1, 0.15) is 0 Å². The molecule has 0 N–H and O–H groups in total. The fourth-order valence-electron chi connectivity index (χ4n) is 2.96. The number of thiophene rings is 1. The van der Waals surface area contributed by atoms with E-state index in [4.69, 9.17) is 4.98 Å². The van der Waals surface area contributed by atoms with Crippen molar-refractivity contribution < 1.29 is 0 Å². The molecule has 0 bridgehead atoms. The summed E-state index contributed by atoms with van der Waals surface area (Å²) in [6, 6.07) is 8.52. The minimum Gasteiger partial charge on any atom is -0.247 e. The highest BCUT2D eigenvalue weighted by Crippen LogP contribution is 2.40. The molecule has 3 rings (SSSR count). The lowest BCUT2D eigenvalue weighted by atomic mass is 10.0. The summed E-state index contributed by atoms with van der Waals surface area (Å²) in [6.45, 7) is 11.1. The highest BCUT2D eigenvalue weighted by Gasteiger charge is 2.17. The van der Waals surface area contributed by atoms with Crippen LogP contribution in [0.25, 0.3) is 26.6 Å². The van der Waals surface area contributed by atoms with E-state index in [2.05, 4.69) is 65.0 Å². The average Bonchev–Trinajstić information content (AvgIpc) is 2.82. The molecule has 0 spiro atoms. The van der Waals surface area contributed by atoms with Gasteiger partial charge in [0, 0.05) is 20.3 Å². The zero-order valence-electron chi connectivity index (χ0n) is 14.0. The summed E-state index contributed by atoms with van der Waals surface area (Å²) in [7, 11) is 0. The second-order valence-corrected chi connectivity index (χ2v) is 7.51. The van der Waals surface area contributed by atoms with Gasteiger partial charge in [0.25, 0.3) is 0 Å². The van der Waals surface area contributed by atoms with Crippen molar-refractivity contribution in [1.29, 1.82) is 0 Å². The molecule has 1 aromatic carbocycles. The van der Waals surface area contributed by atoms with Crippen molar-refractivity contribution in [1.82, 2.24) is 4.98 Å². The van der Waals surface area contributed by atoms with Crippen molar-refractivity contribution in [2.75, 3.05) is 0 Å². The number of aromatic nitrogens is 1. The number of hydrogen-bond donors (Lipinski definition) is 0. The predicted molar refractivity (Wildman–Crippen MR) is 99.7 cm³/mol. The van der Waals surface area contributed by atoms with Crippen LogP contribution in [0.15, 0.2) is 30.3 Å². The van der Waals surface area contributed by atoms with Gasteiger partial charge in [-0.15, -0.1) is 11.3 Å². The van der Waals surface area contributed by atoms with Crippen LogP contribution in [0, 0.1) is 12.8 Å². The number of para-hydroxylation sites is 1. The summed E-state index contributed by atoms with van der Waals surface area (Å²) in [5.41, 5.74) is 4.93. The SMILES string of the molecule is C/C=C(\C)c1nc2ccccc2c2sc(CC(C)C)c(C)c12. The van der Waals surface area contributed by atoms with Crippen molar-refractivity contribution in [3.05, 3.63) is 46.5 Å². The Kier molecular flexibility index (Phi) is 4.05. The third-order valence-electron chi connectivity index (χ3n) is 4.26. The monoisotopic (exact) mass is 309 g/mol. The molecule has 1 nitrogen and oxygen atoms in total. The van der Waals surface area contributed by atoms with Crippen LogP contribution in [0.4, 0.5) is 0 Å². The summed E-state index contributed by atoms with van der Waals surface area (Å²) in [6.07, 6.45) is 3.31. The third kappa shape index (κ3) is 2.46. The maximum Gasteiger partial charge on any atom is 0.0752 e. The molecule has 0 unspecified atom stereocenters. The number of rotatable bonds is 3. The summed E-state index contributed by atoms with van der Waals surface area (Å²) in [4.78, 5) is 6.47. The average molecular weight is 309 g/mol. The first kappa shape index (κ1) is 15.2. The molecule has 2 heteroatoms. The lowest BCUT2D eigenvalue weighted by molar-refractivity contribution is 0.652. The van der Waals surface area contributed by atoms with Gasteiger partial charge in [-0.3, -0.25) is 0 Å². The quantitative estimate of drug-likeness (QED) is 0.547. The topological polar surface area (TPSA) is 12.9 Å². The molecule has 2 heterocycles. The first-order chi connectivity index (χ1) is 10.5. The van der Waals surface area contributed by atoms with E-state index in [1.54, 1.807) is 0 Å². The first-order valence-corrected chi connectivity index (χ1v) is 8.78. The fourth-order valence-corrected chi connectivity index (χ4v) is 4.52. The molecule has 0 aliphatic rings. The van der Waals surface area contributed by atoms with Gasteiger partial charge in [0.05, 0.1) is 11.2 Å². The van der Waals surface area contributed by atoms with Crippen LogP contribution >= 0.6 is 11.3 Å². The Balaban J connectivity index is 2.44. The Bertz CT molecular complexity index is 868. The van der Waals surface area contributed by atoms with Gasteiger partial charge < -0.3 is 0 Å². The van der Waals surface area contributed by atoms with Gasteiger partial charge in [0.2, 0.25) is 0 Å². The van der Waals surface area contributed by atoms with Gasteiger partial charge in [-0.05, 0) is 50.3 Å².